The van der Waals surface area contributed by atoms with Gasteiger partial charge in [0, 0.05) is 11.8 Å². The Hall–Kier alpha value is -2.41. The highest BCUT2D eigenvalue weighted by atomic mass is 32.2. The van der Waals surface area contributed by atoms with Crippen LogP contribution in [0.4, 0.5) is 11.4 Å². The predicted octanol–water partition coefficient (Wildman–Crippen LogP) is 3.03. The van der Waals surface area contributed by atoms with Crippen LogP contribution in [0.5, 0.6) is 0 Å². The summed E-state index contributed by atoms with van der Waals surface area (Å²) in [6.45, 7) is 1.97. The fraction of sp³-hybridized carbons (Fsp3) is 0.143. The average molecular weight is 303 g/mol. The van der Waals surface area contributed by atoms with Crippen molar-refractivity contribution in [1.82, 2.24) is 4.98 Å². The summed E-state index contributed by atoms with van der Waals surface area (Å²) >= 11 is 1.23. The molecule has 21 heavy (non-hydrogen) atoms. The van der Waals surface area contributed by atoms with Crippen molar-refractivity contribution in [1.29, 1.82) is 0 Å². The normalized spacial score (nSPS) is 10.1. The number of carbonyl (C=O) groups is 1. The van der Waals surface area contributed by atoms with E-state index < -0.39 is 4.92 Å². The molecule has 0 radical (unpaired) electrons. The topological polar surface area (TPSA) is 85.1 Å². The van der Waals surface area contributed by atoms with Gasteiger partial charge in [-0.05, 0) is 25.1 Å². The highest BCUT2D eigenvalue weighted by Crippen LogP contribution is 2.18. The summed E-state index contributed by atoms with van der Waals surface area (Å²) in [5.74, 6) is 0.0441. The van der Waals surface area contributed by atoms with Crippen molar-refractivity contribution in [3.8, 4) is 0 Å². The highest BCUT2D eigenvalue weighted by molar-refractivity contribution is 7.99. The van der Waals surface area contributed by atoms with Crippen molar-refractivity contribution in [2.45, 2.75) is 11.9 Å². The van der Waals surface area contributed by atoms with Crippen molar-refractivity contribution >= 4 is 29.0 Å². The Labute approximate surface area is 125 Å². The SMILES string of the molecule is Cc1ccc(NC(=O)CSc2ccc([N+](=O)[O-])cn2)cc1. The molecule has 0 atom stereocenters. The van der Waals surface area contributed by atoms with Crippen LogP contribution >= 0.6 is 11.8 Å². The molecule has 1 amide bonds. The summed E-state index contributed by atoms with van der Waals surface area (Å²) in [5.41, 5.74) is 1.80. The number of thioether (sulfide) groups is 1. The van der Waals surface area contributed by atoms with Crippen LogP contribution in [-0.4, -0.2) is 21.6 Å². The fourth-order valence-corrected chi connectivity index (χ4v) is 2.18. The Kier molecular flexibility index (Phi) is 4.89. The molecule has 0 spiro atoms. The maximum absolute atomic E-state index is 11.8. The number of pyridine rings is 1. The molecule has 108 valence electrons. The summed E-state index contributed by atoms with van der Waals surface area (Å²) in [4.78, 5) is 25.7. The molecule has 0 fully saturated rings. The van der Waals surface area contributed by atoms with E-state index in [4.69, 9.17) is 0 Å². The van der Waals surface area contributed by atoms with E-state index in [1.54, 1.807) is 0 Å². The van der Waals surface area contributed by atoms with E-state index in [0.717, 1.165) is 11.3 Å². The lowest BCUT2D eigenvalue weighted by molar-refractivity contribution is -0.385. The first-order valence-electron chi connectivity index (χ1n) is 6.14. The standard InChI is InChI=1S/C14H13N3O3S/c1-10-2-4-11(5-3-10)16-13(18)9-21-14-7-6-12(8-15-14)17(19)20/h2-8H,9H2,1H3,(H,16,18). The number of benzene rings is 1. The second-order valence-corrected chi connectivity index (χ2v) is 5.31. The molecule has 1 aromatic heterocycles. The number of aromatic nitrogens is 1. The molecule has 1 N–H and O–H groups in total. The van der Waals surface area contributed by atoms with Gasteiger partial charge in [0.15, 0.2) is 0 Å². The number of nitrogens with one attached hydrogen (secondary N) is 1. The Morgan fingerprint density at radius 1 is 1.29 bits per heavy atom. The summed E-state index contributed by atoms with van der Waals surface area (Å²) < 4.78 is 0. The second-order valence-electron chi connectivity index (χ2n) is 4.31. The van der Waals surface area contributed by atoms with Gasteiger partial charge < -0.3 is 5.32 Å². The number of nitro groups is 1. The second kappa shape index (κ2) is 6.85. The van der Waals surface area contributed by atoms with E-state index in [9.17, 15) is 14.9 Å². The Bertz CT molecular complexity index is 642. The van der Waals surface area contributed by atoms with Crippen LogP contribution in [-0.2, 0) is 4.79 Å². The zero-order chi connectivity index (χ0) is 15.2. The van der Waals surface area contributed by atoms with Crippen LogP contribution in [0, 0.1) is 17.0 Å². The van der Waals surface area contributed by atoms with Gasteiger partial charge in [-0.1, -0.05) is 29.5 Å². The molecule has 2 aromatic rings. The largest absolute Gasteiger partial charge is 0.325 e. The summed E-state index contributed by atoms with van der Waals surface area (Å²) in [5, 5.41) is 13.8. The van der Waals surface area contributed by atoms with Gasteiger partial charge >= 0.3 is 0 Å². The van der Waals surface area contributed by atoms with Crippen LogP contribution in [0.25, 0.3) is 0 Å². The van der Waals surface area contributed by atoms with Crippen LogP contribution in [0.15, 0.2) is 47.6 Å². The number of rotatable bonds is 5. The fourth-order valence-electron chi connectivity index (χ4n) is 1.54. The van der Waals surface area contributed by atoms with Crippen molar-refractivity contribution in [2.24, 2.45) is 0 Å². The molecule has 0 bridgehead atoms. The Morgan fingerprint density at radius 2 is 2.00 bits per heavy atom. The molecule has 1 heterocycles. The molecule has 2 rings (SSSR count). The molecule has 0 aliphatic carbocycles. The van der Waals surface area contributed by atoms with Crippen molar-refractivity contribution in [2.75, 3.05) is 11.1 Å². The molecule has 7 heteroatoms. The van der Waals surface area contributed by atoms with E-state index in [1.807, 2.05) is 31.2 Å². The number of hydrogen-bond donors (Lipinski definition) is 1. The third-order valence-electron chi connectivity index (χ3n) is 2.62. The highest BCUT2D eigenvalue weighted by Gasteiger charge is 2.08. The van der Waals surface area contributed by atoms with Crippen LogP contribution < -0.4 is 5.32 Å². The molecular weight excluding hydrogens is 290 g/mol. The Morgan fingerprint density at radius 3 is 2.57 bits per heavy atom. The summed E-state index contributed by atoms with van der Waals surface area (Å²) in [6.07, 6.45) is 1.18. The lowest BCUT2D eigenvalue weighted by Gasteiger charge is -2.05. The van der Waals surface area contributed by atoms with Gasteiger partial charge in [0.2, 0.25) is 5.91 Å². The minimum atomic E-state index is -0.508. The number of amides is 1. The first-order valence-corrected chi connectivity index (χ1v) is 7.13. The van der Waals surface area contributed by atoms with Crippen LogP contribution in [0.2, 0.25) is 0 Å². The maximum Gasteiger partial charge on any atom is 0.287 e. The van der Waals surface area contributed by atoms with E-state index in [2.05, 4.69) is 10.3 Å². The number of hydrogen-bond acceptors (Lipinski definition) is 5. The predicted molar refractivity (Wildman–Crippen MR) is 81.4 cm³/mol. The van der Waals surface area contributed by atoms with E-state index in [0.29, 0.717) is 5.03 Å². The van der Waals surface area contributed by atoms with Crippen LogP contribution in [0.3, 0.4) is 0 Å². The molecular formula is C14H13N3O3S. The lowest BCUT2D eigenvalue weighted by atomic mass is 10.2. The van der Waals surface area contributed by atoms with Gasteiger partial charge in [-0.3, -0.25) is 14.9 Å². The average Bonchev–Trinajstić information content (AvgIpc) is 2.48. The molecule has 0 aliphatic rings. The summed E-state index contributed by atoms with van der Waals surface area (Å²) in [7, 11) is 0. The van der Waals surface area contributed by atoms with E-state index in [1.165, 1.54) is 30.1 Å². The third kappa shape index (κ3) is 4.57. The quantitative estimate of drug-likeness (QED) is 0.521. The molecule has 6 nitrogen and oxygen atoms in total. The lowest BCUT2D eigenvalue weighted by Crippen LogP contribution is -2.14. The minimum absolute atomic E-state index is 0.0662. The zero-order valence-electron chi connectivity index (χ0n) is 11.3. The molecule has 0 saturated carbocycles. The van der Waals surface area contributed by atoms with Gasteiger partial charge in [0.1, 0.15) is 6.20 Å². The minimum Gasteiger partial charge on any atom is -0.325 e. The zero-order valence-corrected chi connectivity index (χ0v) is 12.1. The smallest absolute Gasteiger partial charge is 0.287 e. The molecule has 0 aliphatic heterocycles. The Balaban J connectivity index is 1.86. The number of aryl methyl sites for hydroxylation is 1. The van der Waals surface area contributed by atoms with E-state index >= 15 is 0 Å². The van der Waals surface area contributed by atoms with Gasteiger partial charge in [0.25, 0.3) is 5.69 Å². The van der Waals surface area contributed by atoms with Crippen molar-refractivity contribution in [3.63, 3.8) is 0 Å². The van der Waals surface area contributed by atoms with Gasteiger partial charge in [-0.25, -0.2) is 4.98 Å². The maximum atomic E-state index is 11.8. The number of anilines is 1. The van der Waals surface area contributed by atoms with Gasteiger partial charge in [0.05, 0.1) is 15.7 Å². The third-order valence-corrected chi connectivity index (χ3v) is 3.56. The van der Waals surface area contributed by atoms with Gasteiger partial charge in [-0.15, -0.1) is 0 Å². The van der Waals surface area contributed by atoms with Crippen molar-refractivity contribution < 1.29 is 9.72 Å². The van der Waals surface area contributed by atoms with Gasteiger partial charge in [-0.2, -0.15) is 0 Å². The molecule has 1 aromatic carbocycles. The number of carbonyl (C=O) groups excluding carboxylic acids is 1. The molecule has 0 unspecified atom stereocenters. The number of nitrogens with zero attached hydrogens (tertiary/aromatic N) is 2. The van der Waals surface area contributed by atoms with Crippen LogP contribution in [0.1, 0.15) is 5.56 Å². The molecule has 0 saturated heterocycles. The summed E-state index contributed by atoms with van der Waals surface area (Å²) in [6, 6.07) is 10.4. The monoisotopic (exact) mass is 303 g/mol. The van der Waals surface area contributed by atoms with E-state index in [-0.39, 0.29) is 17.3 Å². The first kappa shape index (κ1) is 15.0. The first-order chi connectivity index (χ1) is 10.0. The van der Waals surface area contributed by atoms with Crippen molar-refractivity contribution in [3.05, 3.63) is 58.3 Å².